The third-order valence-electron chi connectivity index (χ3n) is 3.20. The second kappa shape index (κ2) is 5.64. The van der Waals surface area contributed by atoms with Crippen LogP contribution >= 0.6 is 11.3 Å². The highest BCUT2D eigenvalue weighted by Crippen LogP contribution is 2.28. The SMILES string of the molecule is CCc1nnc(NC(=O)CN2C(=O)C(=O)c3ccccc32)s1. The lowest BCUT2D eigenvalue weighted by molar-refractivity contribution is -0.118. The molecule has 2 amide bonds. The van der Waals surface area contributed by atoms with Crippen LogP contribution in [-0.4, -0.2) is 34.3 Å². The first-order chi connectivity index (χ1) is 10.6. The average Bonchev–Trinajstić information content (AvgIpc) is 3.06. The van der Waals surface area contributed by atoms with Gasteiger partial charge in [0.1, 0.15) is 11.6 Å². The highest BCUT2D eigenvalue weighted by molar-refractivity contribution is 7.15. The molecule has 2 aromatic rings. The van der Waals surface area contributed by atoms with Gasteiger partial charge in [0.15, 0.2) is 0 Å². The second-order valence-corrected chi connectivity index (χ2v) is 5.70. The van der Waals surface area contributed by atoms with Crippen molar-refractivity contribution >= 4 is 39.8 Å². The Bertz CT molecular complexity index is 771. The molecular formula is C14H12N4O3S. The van der Waals surface area contributed by atoms with Crippen LogP contribution in [-0.2, 0) is 16.0 Å². The zero-order valence-corrected chi connectivity index (χ0v) is 12.5. The Hall–Kier alpha value is -2.61. The van der Waals surface area contributed by atoms with Gasteiger partial charge in [0.2, 0.25) is 11.0 Å². The average molecular weight is 316 g/mol. The zero-order valence-electron chi connectivity index (χ0n) is 11.7. The zero-order chi connectivity index (χ0) is 15.7. The van der Waals surface area contributed by atoms with Crippen molar-refractivity contribution in [1.29, 1.82) is 0 Å². The molecule has 0 aliphatic carbocycles. The van der Waals surface area contributed by atoms with Crippen LogP contribution in [0.25, 0.3) is 0 Å². The fourth-order valence-corrected chi connectivity index (χ4v) is 2.85. The Balaban J connectivity index is 1.74. The summed E-state index contributed by atoms with van der Waals surface area (Å²) in [6.07, 6.45) is 0.736. The standard InChI is InChI=1S/C14H12N4O3S/c1-2-11-16-17-14(22-11)15-10(19)7-18-9-6-4-3-5-8(9)12(20)13(18)21/h3-6H,2,7H2,1H3,(H,15,17,19). The minimum absolute atomic E-state index is 0.234. The number of aryl methyl sites for hydroxylation is 1. The van der Waals surface area contributed by atoms with E-state index in [9.17, 15) is 14.4 Å². The van der Waals surface area contributed by atoms with Crippen LogP contribution in [0, 0.1) is 0 Å². The Morgan fingerprint density at radius 2 is 2.05 bits per heavy atom. The Kier molecular flexibility index (Phi) is 3.68. The molecule has 7 nitrogen and oxygen atoms in total. The van der Waals surface area contributed by atoms with Crippen LogP contribution in [0.1, 0.15) is 22.3 Å². The van der Waals surface area contributed by atoms with E-state index in [1.54, 1.807) is 24.3 Å². The van der Waals surface area contributed by atoms with Gasteiger partial charge in [0.25, 0.3) is 11.7 Å². The van der Waals surface area contributed by atoms with Crippen LogP contribution in [0.2, 0.25) is 0 Å². The lowest BCUT2D eigenvalue weighted by Gasteiger charge is -2.15. The molecule has 3 rings (SSSR count). The number of hydrogen-bond donors (Lipinski definition) is 1. The van der Waals surface area contributed by atoms with E-state index in [-0.39, 0.29) is 6.54 Å². The molecule has 1 aliphatic heterocycles. The highest BCUT2D eigenvalue weighted by Gasteiger charge is 2.36. The van der Waals surface area contributed by atoms with Gasteiger partial charge in [-0.25, -0.2) is 0 Å². The third-order valence-corrected chi connectivity index (χ3v) is 4.18. The maximum Gasteiger partial charge on any atom is 0.299 e. The Morgan fingerprint density at radius 1 is 1.27 bits per heavy atom. The topological polar surface area (TPSA) is 92.3 Å². The lowest BCUT2D eigenvalue weighted by atomic mass is 10.1. The van der Waals surface area contributed by atoms with Crippen LogP contribution in [0.5, 0.6) is 0 Å². The van der Waals surface area contributed by atoms with Crippen molar-refractivity contribution in [1.82, 2.24) is 10.2 Å². The first-order valence-electron chi connectivity index (χ1n) is 6.67. The van der Waals surface area contributed by atoms with Crippen molar-refractivity contribution in [3.8, 4) is 0 Å². The predicted molar refractivity (Wildman–Crippen MR) is 81.0 cm³/mol. The lowest BCUT2D eigenvalue weighted by Crippen LogP contribution is -2.37. The van der Waals surface area contributed by atoms with Crippen LogP contribution in [0.15, 0.2) is 24.3 Å². The van der Waals surface area contributed by atoms with Gasteiger partial charge in [-0.2, -0.15) is 0 Å². The number of carbonyl (C=O) groups excluding carboxylic acids is 3. The number of para-hydroxylation sites is 1. The number of rotatable bonds is 4. The van der Waals surface area contributed by atoms with Gasteiger partial charge in [-0.15, -0.1) is 10.2 Å². The molecule has 0 saturated carbocycles. The molecule has 22 heavy (non-hydrogen) atoms. The van der Waals surface area contributed by atoms with Crippen molar-refractivity contribution in [3.05, 3.63) is 34.8 Å². The highest BCUT2D eigenvalue weighted by atomic mass is 32.1. The van der Waals surface area contributed by atoms with E-state index in [0.29, 0.717) is 16.4 Å². The molecule has 2 heterocycles. The number of Topliss-reactive ketones (excluding diaryl/α,β-unsaturated/α-hetero) is 1. The first kappa shape index (κ1) is 14.3. The minimum atomic E-state index is -0.692. The number of fused-ring (bicyclic) bond motifs is 1. The van der Waals surface area contributed by atoms with Gasteiger partial charge >= 0.3 is 0 Å². The number of aromatic nitrogens is 2. The molecule has 0 unspecified atom stereocenters. The summed E-state index contributed by atoms with van der Waals surface area (Å²) >= 11 is 1.28. The molecule has 1 aromatic heterocycles. The van der Waals surface area contributed by atoms with E-state index in [4.69, 9.17) is 0 Å². The van der Waals surface area contributed by atoms with Crippen molar-refractivity contribution in [2.24, 2.45) is 0 Å². The molecule has 0 radical (unpaired) electrons. The smallest absolute Gasteiger partial charge is 0.299 e. The summed E-state index contributed by atoms with van der Waals surface area (Å²) in [6.45, 7) is 1.71. The molecule has 0 saturated heterocycles. The summed E-state index contributed by atoms with van der Waals surface area (Å²) in [5, 5.41) is 11.5. The van der Waals surface area contributed by atoms with Gasteiger partial charge in [0, 0.05) is 0 Å². The summed E-state index contributed by atoms with van der Waals surface area (Å²) in [4.78, 5) is 37.0. The Morgan fingerprint density at radius 3 is 2.77 bits per heavy atom. The third kappa shape index (κ3) is 2.48. The van der Waals surface area contributed by atoms with Crippen LogP contribution < -0.4 is 10.2 Å². The fraction of sp³-hybridized carbons (Fsp3) is 0.214. The number of hydrogen-bond acceptors (Lipinski definition) is 6. The van der Waals surface area contributed by atoms with E-state index >= 15 is 0 Å². The number of ketones is 1. The van der Waals surface area contributed by atoms with Gasteiger partial charge in [0.05, 0.1) is 11.3 Å². The number of nitrogens with zero attached hydrogens (tertiary/aromatic N) is 3. The molecule has 0 spiro atoms. The molecule has 1 aromatic carbocycles. The summed E-state index contributed by atoms with van der Waals surface area (Å²) < 4.78 is 0. The van der Waals surface area contributed by atoms with Crippen molar-refractivity contribution in [2.75, 3.05) is 16.8 Å². The van der Waals surface area contributed by atoms with E-state index in [2.05, 4.69) is 15.5 Å². The maximum atomic E-state index is 12.1. The number of anilines is 2. The van der Waals surface area contributed by atoms with E-state index < -0.39 is 17.6 Å². The molecular weight excluding hydrogens is 304 g/mol. The quantitative estimate of drug-likeness (QED) is 0.858. The Labute approximate surface area is 130 Å². The predicted octanol–water partition coefficient (Wildman–Crippen LogP) is 1.27. The number of carbonyl (C=O) groups is 3. The number of benzene rings is 1. The summed E-state index contributed by atoms with van der Waals surface area (Å²) in [5.74, 6) is -1.70. The van der Waals surface area contributed by atoms with Gasteiger partial charge in [-0.1, -0.05) is 30.4 Å². The largest absolute Gasteiger partial charge is 0.299 e. The molecule has 1 aliphatic rings. The number of amides is 2. The van der Waals surface area contributed by atoms with E-state index in [1.165, 1.54) is 16.2 Å². The maximum absolute atomic E-state index is 12.1. The minimum Gasteiger partial charge on any atom is -0.299 e. The molecule has 8 heteroatoms. The van der Waals surface area contributed by atoms with E-state index in [0.717, 1.165) is 11.4 Å². The van der Waals surface area contributed by atoms with E-state index in [1.807, 2.05) is 6.92 Å². The molecule has 0 fully saturated rings. The molecule has 1 N–H and O–H groups in total. The van der Waals surface area contributed by atoms with Crippen molar-refractivity contribution in [3.63, 3.8) is 0 Å². The summed E-state index contributed by atoms with van der Waals surface area (Å²) in [6, 6.07) is 6.62. The summed E-state index contributed by atoms with van der Waals surface area (Å²) in [5.41, 5.74) is 0.781. The summed E-state index contributed by atoms with van der Waals surface area (Å²) in [7, 11) is 0. The molecule has 112 valence electrons. The second-order valence-electron chi connectivity index (χ2n) is 4.64. The van der Waals surface area contributed by atoms with Crippen LogP contribution in [0.3, 0.4) is 0 Å². The van der Waals surface area contributed by atoms with Crippen molar-refractivity contribution in [2.45, 2.75) is 13.3 Å². The monoisotopic (exact) mass is 316 g/mol. The fourth-order valence-electron chi connectivity index (χ4n) is 2.15. The molecule has 0 atom stereocenters. The molecule has 0 bridgehead atoms. The van der Waals surface area contributed by atoms with Crippen LogP contribution in [0.4, 0.5) is 10.8 Å². The normalized spacial score (nSPS) is 13.4. The van der Waals surface area contributed by atoms with Crippen molar-refractivity contribution < 1.29 is 14.4 Å². The van der Waals surface area contributed by atoms with Gasteiger partial charge < -0.3 is 0 Å². The van der Waals surface area contributed by atoms with Gasteiger partial charge in [-0.3, -0.25) is 24.6 Å². The first-order valence-corrected chi connectivity index (χ1v) is 7.49. The number of nitrogens with one attached hydrogen (secondary N) is 1. The van der Waals surface area contributed by atoms with Gasteiger partial charge in [-0.05, 0) is 18.6 Å².